The Morgan fingerprint density at radius 3 is 2.94 bits per heavy atom. The molecule has 0 saturated carbocycles. The van der Waals surface area contributed by atoms with Crippen molar-refractivity contribution in [3.8, 4) is 17.0 Å². The predicted octanol–water partition coefficient (Wildman–Crippen LogP) is 3.10. The number of aromatic amines is 1. The van der Waals surface area contributed by atoms with Gasteiger partial charge in [0.05, 0.1) is 25.4 Å². The van der Waals surface area contributed by atoms with Gasteiger partial charge in [-0.15, -0.1) is 0 Å². The molecule has 1 aliphatic heterocycles. The van der Waals surface area contributed by atoms with E-state index >= 15 is 0 Å². The SMILES string of the molecule is COc1ccc2cc(C(=O)N3CCCC3Cn3nc(-c4cccnc4)ccc3=O)[nH]c2c1. The van der Waals surface area contributed by atoms with E-state index in [1.165, 1.54) is 10.7 Å². The van der Waals surface area contributed by atoms with E-state index in [0.717, 1.165) is 35.1 Å². The summed E-state index contributed by atoms with van der Waals surface area (Å²) in [5, 5.41) is 5.48. The predicted molar refractivity (Wildman–Crippen MR) is 121 cm³/mol. The third-order valence-electron chi connectivity index (χ3n) is 5.91. The number of hydrogen-bond acceptors (Lipinski definition) is 5. The van der Waals surface area contributed by atoms with Gasteiger partial charge in [0.25, 0.3) is 11.5 Å². The highest BCUT2D eigenvalue weighted by Crippen LogP contribution is 2.25. The number of aromatic nitrogens is 4. The molecule has 0 radical (unpaired) electrons. The molecule has 1 unspecified atom stereocenters. The van der Waals surface area contributed by atoms with Gasteiger partial charge < -0.3 is 14.6 Å². The molecule has 1 amide bonds. The Labute approximate surface area is 184 Å². The molecule has 8 nitrogen and oxygen atoms in total. The lowest BCUT2D eigenvalue weighted by Crippen LogP contribution is -2.40. The monoisotopic (exact) mass is 429 g/mol. The molecule has 1 atom stereocenters. The van der Waals surface area contributed by atoms with E-state index in [9.17, 15) is 9.59 Å². The van der Waals surface area contributed by atoms with Gasteiger partial charge in [0.1, 0.15) is 11.4 Å². The number of carbonyl (C=O) groups is 1. The topological polar surface area (TPSA) is 93.1 Å². The molecule has 0 aliphatic carbocycles. The summed E-state index contributed by atoms with van der Waals surface area (Å²) in [5.41, 5.74) is 2.72. The molecule has 1 N–H and O–H groups in total. The van der Waals surface area contributed by atoms with Crippen molar-refractivity contribution in [3.63, 3.8) is 0 Å². The molecule has 5 rings (SSSR count). The van der Waals surface area contributed by atoms with E-state index in [0.29, 0.717) is 24.5 Å². The second-order valence-electron chi connectivity index (χ2n) is 7.91. The van der Waals surface area contributed by atoms with Crippen molar-refractivity contribution in [2.75, 3.05) is 13.7 Å². The number of carbonyl (C=O) groups excluding carboxylic acids is 1. The molecule has 0 spiro atoms. The summed E-state index contributed by atoms with van der Waals surface area (Å²) in [4.78, 5) is 34.9. The highest BCUT2D eigenvalue weighted by Gasteiger charge is 2.31. The number of nitrogens with zero attached hydrogens (tertiary/aromatic N) is 4. The quantitative estimate of drug-likeness (QED) is 0.526. The molecular weight excluding hydrogens is 406 g/mol. The third-order valence-corrected chi connectivity index (χ3v) is 5.91. The number of benzene rings is 1. The normalized spacial score (nSPS) is 15.9. The summed E-state index contributed by atoms with van der Waals surface area (Å²) in [6.07, 6.45) is 5.13. The fourth-order valence-electron chi connectivity index (χ4n) is 4.24. The van der Waals surface area contributed by atoms with Crippen molar-refractivity contribution in [1.29, 1.82) is 0 Å². The van der Waals surface area contributed by atoms with Crippen molar-refractivity contribution in [2.45, 2.75) is 25.4 Å². The van der Waals surface area contributed by atoms with Crippen LogP contribution in [0.3, 0.4) is 0 Å². The van der Waals surface area contributed by atoms with Crippen LogP contribution in [0, 0.1) is 0 Å². The van der Waals surface area contributed by atoms with Gasteiger partial charge in [-0.25, -0.2) is 4.68 Å². The number of methoxy groups -OCH3 is 1. The van der Waals surface area contributed by atoms with Crippen LogP contribution in [0.2, 0.25) is 0 Å². The zero-order valence-electron chi connectivity index (χ0n) is 17.7. The van der Waals surface area contributed by atoms with Gasteiger partial charge in [-0.05, 0) is 49.2 Å². The molecule has 3 aromatic heterocycles. The summed E-state index contributed by atoms with van der Waals surface area (Å²) in [5.74, 6) is 0.662. The minimum absolute atomic E-state index is 0.0703. The first kappa shape index (κ1) is 20.0. The van der Waals surface area contributed by atoms with Crippen molar-refractivity contribution in [2.24, 2.45) is 0 Å². The van der Waals surface area contributed by atoms with Crippen LogP contribution >= 0.6 is 0 Å². The highest BCUT2D eigenvalue weighted by molar-refractivity contribution is 5.98. The van der Waals surface area contributed by atoms with E-state index < -0.39 is 0 Å². The largest absolute Gasteiger partial charge is 0.497 e. The lowest BCUT2D eigenvalue weighted by Gasteiger charge is -2.24. The number of hydrogen-bond donors (Lipinski definition) is 1. The number of H-pyrrole nitrogens is 1. The molecule has 4 heterocycles. The average molecular weight is 429 g/mol. The number of pyridine rings is 1. The number of fused-ring (bicyclic) bond motifs is 1. The average Bonchev–Trinajstić information content (AvgIpc) is 3.47. The van der Waals surface area contributed by atoms with E-state index in [1.54, 1.807) is 25.6 Å². The maximum Gasteiger partial charge on any atom is 0.270 e. The Hall–Kier alpha value is -3.94. The zero-order chi connectivity index (χ0) is 22.1. The lowest BCUT2D eigenvalue weighted by molar-refractivity contribution is 0.0715. The molecular formula is C24H23N5O3. The number of nitrogens with one attached hydrogen (secondary N) is 1. The van der Waals surface area contributed by atoms with Crippen LogP contribution in [0.5, 0.6) is 5.75 Å². The fraction of sp³-hybridized carbons (Fsp3) is 0.250. The smallest absolute Gasteiger partial charge is 0.270 e. The second-order valence-corrected chi connectivity index (χ2v) is 7.91. The molecule has 8 heteroatoms. The number of ether oxygens (including phenoxy) is 1. The minimum atomic E-state index is -0.186. The maximum atomic E-state index is 13.3. The van der Waals surface area contributed by atoms with E-state index in [2.05, 4.69) is 15.1 Å². The van der Waals surface area contributed by atoms with E-state index in [1.807, 2.05) is 41.3 Å². The molecule has 32 heavy (non-hydrogen) atoms. The molecule has 1 aromatic carbocycles. The van der Waals surface area contributed by atoms with Gasteiger partial charge in [-0.3, -0.25) is 14.6 Å². The van der Waals surface area contributed by atoms with Crippen LogP contribution in [0.15, 0.2) is 65.7 Å². The maximum absolute atomic E-state index is 13.3. The van der Waals surface area contributed by atoms with Crippen molar-refractivity contribution >= 4 is 16.8 Å². The van der Waals surface area contributed by atoms with Crippen molar-refractivity contribution < 1.29 is 9.53 Å². The van der Waals surface area contributed by atoms with E-state index in [4.69, 9.17) is 4.74 Å². The summed E-state index contributed by atoms with van der Waals surface area (Å²) in [6, 6.07) is 14.4. The fourth-order valence-corrected chi connectivity index (χ4v) is 4.24. The van der Waals surface area contributed by atoms with Crippen LogP contribution in [0.1, 0.15) is 23.3 Å². The van der Waals surface area contributed by atoms with Gasteiger partial charge in [0.2, 0.25) is 0 Å². The molecule has 1 aliphatic rings. The number of likely N-dealkylation sites (tertiary alicyclic amines) is 1. The first-order chi connectivity index (χ1) is 15.6. The Kier molecular flexibility index (Phi) is 5.18. The summed E-state index contributed by atoms with van der Waals surface area (Å²) in [7, 11) is 1.62. The summed E-state index contributed by atoms with van der Waals surface area (Å²) < 4.78 is 6.72. The van der Waals surface area contributed by atoms with Gasteiger partial charge in [-0.2, -0.15) is 5.10 Å². The highest BCUT2D eigenvalue weighted by atomic mass is 16.5. The lowest BCUT2D eigenvalue weighted by atomic mass is 10.2. The Morgan fingerprint density at radius 2 is 2.12 bits per heavy atom. The zero-order valence-corrected chi connectivity index (χ0v) is 17.7. The Balaban J connectivity index is 1.39. The molecule has 162 valence electrons. The van der Waals surface area contributed by atoms with Gasteiger partial charge >= 0.3 is 0 Å². The van der Waals surface area contributed by atoms with Crippen LogP contribution < -0.4 is 10.3 Å². The summed E-state index contributed by atoms with van der Waals surface area (Å²) >= 11 is 0. The van der Waals surface area contributed by atoms with Crippen LogP contribution in [0.4, 0.5) is 0 Å². The van der Waals surface area contributed by atoms with Crippen molar-refractivity contribution in [1.82, 2.24) is 24.6 Å². The standard InChI is InChI=1S/C24H23N5O3/c1-32-19-7-6-16-12-22(26-21(16)13-19)24(31)28-11-3-5-18(28)15-29-23(30)9-8-20(27-29)17-4-2-10-25-14-17/h2,4,6-10,12-14,18,26H,3,5,11,15H2,1H3. The summed E-state index contributed by atoms with van der Waals surface area (Å²) in [6.45, 7) is 1.01. The van der Waals surface area contributed by atoms with Crippen LogP contribution in [-0.2, 0) is 6.54 Å². The second kappa shape index (κ2) is 8.30. The molecule has 1 saturated heterocycles. The number of rotatable bonds is 5. The van der Waals surface area contributed by atoms with Gasteiger partial charge in [-0.1, -0.05) is 0 Å². The van der Waals surface area contributed by atoms with Crippen molar-refractivity contribution in [3.05, 3.63) is 77.0 Å². The van der Waals surface area contributed by atoms with Crippen LogP contribution in [0.25, 0.3) is 22.2 Å². The van der Waals surface area contributed by atoms with E-state index in [-0.39, 0.29) is 17.5 Å². The minimum Gasteiger partial charge on any atom is -0.497 e. The number of amides is 1. The molecule has 4 aromatic rings. The first-order valence-corrected chi connectivity index (χ1v) is 10.6. The molecule has 1 fully saturated rings. The first-order valence-electron chi connectivity index (χ1n) is 10.6. The Bertz CT molecular complexity index is 1330. The van der Waals surface area contributed by atoms with Crippen LogP contribution in [-0.4, -0.2) is 50.3 Å². The Morgan fingerprint density at radius 1 is 1.22 bits per heavy atom. The third kappa shape index (κ3) is 3.75. The van der Waals surface area contributed by atoms with Gasteiger partial charge in [0, 0.05) is 47.5 Å². The van der Waals surface area contributed by atoms with Gasteiger partial charge in [0.15, 0.2) is 0 Å². The molecule has 0 bridgehead atoms.